The number of hydrogen-bond donors (Lipinski definition) is 1. The van der Waals surface area contributed by atoms with E-state index < -0.39 is 22.5 Å². The first-order valence-electron chi connectivity index (χ1n) is 6.25. The average molecular weight is 302 g/mol. The first-order valence-corrected chi connectivity index (χ1v) is 6.25. The number of halogens is 1. The number of nitro groups is 1. The highest BCUT2D eigenvalue weighted by Crippen LogP contribution is 2.23. The first-order chi connectivity index (χ1) is 10.5. The average Bonchev–Trinajstić information content (AvgIpc) is 2.52. The predicted octanol–water partition coefficient (Wildman–Crippen LogP) is 2.72. The van der Waals surface area contributed by atoms with Gasteiger partial charge in [0.2, 0.25) is 0 Å². The standard InChI is InChI=1S/C15H11FN2O4/c16-12-5-13(18(20)21)7-14(6-12)22-9-15(19)11-3-1-10(8-17)2-4-11/h1-7,15,19H,9H2. The van der Waals surface area contributed by atoms with E-state index in [1.807, 2.05) is 6.07 Å². The highest BCUT2D eigenvalue weighted by molar-refractivity contribution is 5.39. The minimum Gasteiger partial charge on any atom is -0.490 e. The number of ether oxygens (including phenoxy) is 1. The molecule has 0 bridgehead atoms. The van der Waals surface area contributed by atoms with E-state index in [0.29, 0.717) is 11.1 Å². The maximum atomic E-state index is 13.2. The lowest BCUT2D eigenvalue weighted by molar-refractivity contribution is -0.385. The fraction of sp³-hybridized carbons (Fsp3) is 0.133. The maximum Gasteiger partial charge on any atom is 0.276 e. The number of aliphatic hydroxyl groups excluding tert-OH is 1. The van der Waals surface area contributed by atoms with Crippen LogP contribution in [0, 0.1) is 27.3 Å². The zero-order valence-corrected chi connectivity index (χ0v) is 11.3. The van der Waals surface area contributed by atoms with Crippen molar-refractivity contribution in [1.29, 1.82) is 5.26 Å². The Morgan fingerprint density at radius 1 is 1.32 bits per heavy atom. The Morgan fingerprint density at radius 2 is 2.00 bits per heavy atom. The van der Waals surface area contributed by atoms with E-state index in [9.17, 15) is 19.6 Å². The second-order valence-electron chi connectivity index (χ2n) is 4.46. The molecule has 0 fully saturated rings. The summed E-state index contributed by atoms with van der Waals surface area (Å²) in [7, 11) is 0. The number of benzene rings is 2. The molecular formula is C15H11FN2O4. The summed E-state index contributed by atoms with van der Waals surface area (Å²) in [6.45, 7) is -0.202. The molecule has 0 aliphatic carbocycles. The molecule has 0 amide bonds. The van der Waals surface area contributed by atoms with Crippen molar-refractivity contribution >= 4 is 5.69 Å². The van der Waals surface area contributed by atoms with Crippen molar-refractivity contribution in [2.24, 2.45) is 0 Å². The largest absolute Gasteiger partial charge is 0.490 e. The van der Waals surface area contributed by atoms with Gasteiger partial charge in [-0.1, -0.05) is 12.1 Å². The molecular weight excluding hydrogens is 291 g/mol. The molecule has 0 heterocycles. The van der Waals surface area contributed by atoms with Crippen molar-refractivity contribution < 1.29 is 19.2 Å². The molecule has 1 unspecified atom stereocenters. The minimum atomic E-state index is -1.00. The number of nitro benzene ring substituents is 1. The lowest BCUT2D eigenvalue weighted by Crippen LogP contribution is -2.10. The number of hydrogen-bond acceptors (Lipinski definition) is 5. The molecule has 0 saturated carbocycles. The number of nitriles is 1. The summed E-state index contributed by atoms with van der Waals surface area (Å²) in [6.07, 6.45) is -1.00. The van der Waals surface area contributed by atoms with Gasteiger partial charge in [0.25, 0.3) is 5.69 Å². The molecule has 6 nitrogen and oxygen atoms in total. The Balaban J connectivity index is 2.05. The van der Waals surface area contributed by atoms with Crippen molar-refractivity contribution in [2.75, 3.05) is 6.61 Å². The summed E-state index contributed by atoms with van der Waals surface area (Å²) in [4.78, 5) is 9.90. The van der Waals surface area contributed by atoms with Gasteiger partial charge in [-0.3, -0.25) is 10.1 Å². The molecule has 22 heavy (non-hydrogen) atoms. The third kappa shape index (κ3) is 3.77. The van der Waals surface area contributed by atoms with Gasteiger partial charge in [0.1, 0.15) is 24.3 Å². The van der Waals surface area contributed by atoms with Crippen LogP contribution in [0.15, 0.2) is 42.5 Å². The van der Waals surface area contributed by atoms with Gasteiger partial charge in [-0.15, -0.1) is 0 Å². The monoisotopic (exact) mass is 302 g/mol. The van der Waals surface area contributed by atoms with Gasteiger partial charge in [0, 0.05) is 6.07 Å². The van der Waals surface area contributed by atoms with Crippen molar-refractivity contribution in [3.05, 3.63) is 69.5 Å². The van der Waals surface area contributed by atoms with Gasteiger partial charge in [-0.05, 0) is 17.7 Å². The Kier molecular flexibility index (Phi) is 4.66. The van der Waals surface area contributed by atoms with Gasteiger partial charge in [0.15, 0.2) is 0 Å². The molecule has 0 aliphatic rings. The lowest BCUT2D eigenvalue weighted by Gasteiger charge is -2.12. The number of rotatable bonds is 5. The quantitative estimate of drug-likeness (QED) is 0.676. The Morgan fingerprint density at radius 3 is 2.59 bits per heavy atom. The number of aliphatic hydroxyl groups is 1. The summed E-state index contributed by atoms with van der Waals surface area (Å²) in [6, 6.07) is 11.0. The minimum absolute atomic E-state index is 0.0422. The van der Waals surface area contributed by atoms with Gasteiger partial charge in [0.05, 0.1) is 28.7 Å². The fourth-order valence-electron chi connectivity index (χ4n) is 1.79. The van der Waals surface area contributed by atoms with E-state index in [1.54, 1.807) is 24.3 Å². The summed E-state index contributed by atoms with van der Waals surface area (Å²) in [5.74, 6) is -0.837. The fourth-order valence-corrected chi connectivity index (χ4v) is 1.79. The van der Waals surface area contributed by atoms with E-state index in [1.165, 1.54) is 0 Å². The number of nitrogens with zero attached hydrogens (tertiary/aromatic N) is 2. The van der Waals surface area contributed by atoms with E-state index >= 15 is 0 Å². The summed E-state index contributed by atoms with van der Waals surface area (Å²) in [5, 5.41) is 29.3. The molecule has 1 N–H and O–H groups in total. The van der Waals surface area contributed by atoms with Crippen LogP contribution in [0.2, 0.25) is 0 Å². The van der Waals surface area contributed by atoms with Crippen molar-refractivity contribution in [2.45, 2.75) is 6.10 Å². The smallest absolute Gasteiger partial charge is 0.276 e. The molecule has 1 atom stereocenters. The van der Waals surface area contributed by atoms with Crippen molar-refractivity contribution in [1.82, 2.24) is 0 Å². The van der Waals surface area contributed by atoms with Crippen LogP contribution in [0.1, 0.15) is 17.2 Å². The van der Waals surface area contributed by atoms with Crippen LogP contribution < -0.4 is 4.74 Å². The zero-order valence-electron chi connectivity index (χ0n) is 11.3. The summed E-state index contributed by atoms with van der Waals surface area (Å²) >= 11 is 0. The zero-order chi connectivity index (χ0) is 16.1. The van der Waals surface area contributed by atoms with Crippen LogP contribution in [-0.4, -0.2) is 16.6 Å². The van der Waals surface area contributed by atoms with E-state index in [4.69, 9.17) is 10.00 Å². The molecule has 0 spiro atoms. The third-order valence-electron chi connectivity index (χ3n) is 2.90. The van der Waals surface area contributed by atoms with Crippen LogP contribution in [0.3, 0.4) is 0 Å². The SMILES string of the molecule is N#Cc1ccc(C(O)COc2cc(F)cc([N+](=O)[O-])c2)cc1. The van der Waals surface area contributed by atoms with E-state index in [-0.39, 0.29) is 12.4 Å². The number of non-ortho nitro benzene ring substituents is 1. The lowest BCUT2D eigenvalue weighted by atomic mass is 10.1. The second kappa shape index (κ2) is 6.65. The molecule has 0 saturated heterocycles. The van der Waals surface area contributed by atoms with Gasteiger partial charge in [-0.25, -0.2) is 4.39 Å². The van der Waals surface area contributed by atoms with Crippen molar-refractivity contribution in [3.63, 3.8) is 0 Å². The molecule has 2 aromatic carbocycles. The van der Waals surface area contributed by atoms with Crippen LogP contribution in [0.4, 0.5) is 10.1 Å². The molecule has 0 radical (unpaired) electrons. The van der Waals surface area contributed by atoms with E-state index in [0.717, 1.165) is 18.2 Å². The highest BCUT2D eigenvalue weighted by atomic mass is 19.1. The second-order valence-corrected chi connectivity index (χ2v) is 4.46. The maximum absolute atomic E-state index is 13.2. The molecule has 0 aromatic heterocycles. The molecule has 0 aliphatic heterocycles. The van der Waals surface area contributed by atoms with Crippen LogP contribution in [0.25, 0.3) is 0 Å². The molecule has 112 valence electrons. The first kappa shape index (κ1) is 15.4. The predicted molar refractivity (Wildman–Crippen MR) is 74.7 cm³/mol. The Labute approximate surface area is 125 Å². The normalized spacial score (nSPS) is 11.5. The summed E-state index contributed by atoms with van der Waals surface area (Å²) < 4.78 is 18.4. The molecule has 2 rings (SSSR count). The van der Waals surface area contributed by atoms with Crippen LogP contribution >= 0.6 is 0 Å². The topological polar surface area (TPSA) is 96.4 Å². The van der Waals surface area contributed by atoms with Crippen LogP contribution in [-0.2, 0) is 0 Å². The molecule has 2 aromatic rings. The van der Waals surface area contributed by atoms with Gasteiger partial charge < -0.3 is 9.84 Å². The highest BCUT2D eigenvalue weighted by Gasteiger charge is 2.13. The van der Waals surface area contributed by atoms with Gasteiger partial charge >= 0.3 is 0 Å². The Hall–Kier alpha value is -2.98. The van der Waals surface area contributed by atoms with Gasteiger partial charge in [-0.2, -0.15) is 5.26 Å². The summed E-state index contributed by atoms with van der Waals surface area (Å²) in [5.41, 5.74) is 0.547. The van der Waals surface area contributed by atoms with E-state index in [2.05, 4.69) is 0 Å². The Bertz CT molecular complexity index is 725. The third-order valence-corrected chi connectivity index (χ3v) is 2.90. The van der Waals surface area contributed by atoms with Crippen LogP contribution in [0.5, 0.6) is 5.75 Å². The molecule has 7 heteroatoms. The van der Waals surface area contributed by atoms with Crippen molar-refractivity contribution in [3.8, 4) is 11.8 Å².